The molecule has 0 saturated carbocycles. The van der Waals surface area contributed by atoms with Crippen LogP contribution in [0, 0.1) is 0 Å². The fourth-order valence-electron chi connectivity index (χ4n) is 2.41. The van der Waals surface area contributed by atoms with E-state index in [1.54, 1.807) is 6.26 Å². The topological polar surface area (TPSA) is 59.3 Å². The van der Waals surface area contributed by atoms with E-state index in [-0.39, 0.29) is 23.6 Å². The normalized spacial score (nSPS) is 22.9. The summed E-state index contributed by atoms with van der Waals surface area (Å²) in [5, 5.41) is 3.38. The van der Waals surface area contributed by atoms with Gasteiger partial charge in [-0.05, 0) is 30.7 Å². The summed E-state index contributed by atoms with van der Waals surface area (Å²) in [6.45, 7) is 0. The van der Waals surface area contributed by atoms with Gasteiger partial charge in [-0.2, -0.15) is 0 Å². The predicted molar refractivity (Wildman–Crippen MR) is 80.1 cm³/mol. The monoisotopic (exact) mass is 331 g/mol. The zero-order valence-corrected chi connectivity index (χ0v) is 13.0. The van der Waals surface area contributed by atoms with Gasteiger partial charge in [-0.1, -0.05) is 11.6 Å². The highest BCUT2D eigenvalue weighted by Crippen LogP contribution is 2.32. The number of halogens is 1. The van der Waals surface area contributed by atoms with Crippen LogP contribution in [0.1, 0.15) is 23.1 Å². The van der Waals surface area contributed by atoms with Gasteiger partial charge in [0.2, 0.25) is 0 Å². The Kier molecular flexibility index (Phi) is 3.90. The third kappa shape index (κ3) is 3.09. The Morgan fingerprint density at radius 3 is 2.80 bits per heavy atom. The molecule has 4 nitrogen and oxygen atoms in total. The van der Waals surface area contributed by atoms with Gasteiger partial charge in [-0.3, -0.25) is 5.32 Å². The fraction of sp³-hybridized carbons (Fsp3) is 0.385. The minimum atomic E-state index is -2.90. The summed E-state index contributed by atoms with van der Waals surface area (Å²) in [5.41, 5.74) is 0. The smallest absolute Gasteiger partial charge is 0.151 e. The molecule has 0 bridgehead atoms. The largest absolute Gasteiger partial charge is 0.467 e. The molecule has 1 saturated heterocycles. The first-order valence-corrected chi connectivity index (χ1v) is 9.30. The SMILES string of the molecule is O=S1(=O)CCC(NC(c2ccco2)c2ccc(Cl)s2)C1. The fourth-order valence-corrected chi connectivity index (χ4v) is 5.22. The van der Waals surface area contributed by atoms with E-state index in [4.69, 9.17) is 16.0 Å². The zero-order valence-electron chi connectivity index (χ0n) is 10.6. The summed E-state index contributed by atoms with van der Waals surface area (Å²) in [5.74, 6) is 1.21. The first kappa shape index (κ1) is 14.1. The molecular formula is C13H14ClNO3S2. The molecule has 3 rings (SSSR count). The lowest BCUT2D eigenvalue weighted by molar-refractivity contribution is 0.420. The van der Waals surface area contributed by atoms with Crippen LogP contribution in [0.15, 0.2) is 34.9 Å². The minimum Gasteiger partial charge on any atom is -0.467 e. The molecule has 0 aromatic carbocycles. The number of nitrogens with one attached hydrogen (secondary N) is 1. The van der Waals surface area contributed by atoms with Gasteiger partial charge >= 0.3 is 0 Å². The van der Waals surface area contributed by atoms with Crippen LogP contribution >= 0.6 is 22.9 Å². The third-order valence-electron chi connectivity index (χ3n) is 3.34. The van der Waals surface area contributed by atoms with Crippen LogP contribution in [0.5, 0.6) is 0 Å². The second-order valence-corrected chi connectivity index (χ2v) is 8.83. The summed E-state index contributed by atoms with van der Waals surface area (Å²) >= 11 is 7.46. The van der Waals surface area contributed by atoms with E-state index < -0.39 is 9.84 Å². The molecule has 0 aliphatic carbocycles. The van der Waals surface area contributed by atoms with Gasteiger partial charge in [0.15, 0.2) is 9.84 Å². The van der Waals surface area contributed by atoms with Crippen LogP contribution in [0.4, 0.5) is 0 Å². The molecular weight excluding hydrogens is 318 g/mol. The van der Waals surface area contributed by atoms with Crippen LogP contribution in [0.2, 0.25) is 4.34 Å². The molecule has 1 aliphatic heterocycles. The maximum Gasteiger partial charge on any atom is 0.151 e. The quantitative estimate of drug-likeness (QED) is 0.936. The van der Waals surface area contributed by atoms with Gasteiger partial charge in [0.05, 0.1) is 22.1 Å². The summed E-state index contributed by atoms with van der Waals surface area (Å²) in [4.78, 5) is 1.02. The Labute approximate surface area is 126 Å². The van der Waals surface area contributed by atoms with Crippen molar-refractivity contribution in [1.29, 1.82) is 0 Å². The van der Waals surface area contributed by atoms with E-state index in [0.29, 0.717) is 10.8 Å². The average molecular weight is 332 g/mol. The highest BCUT2D eigenvalue weighted by Gasteiger charge is 2.31. The average Bonchev–Trinajstić information content (AvgIpc) is 3.08. The van der Waals surface area contributed by atoms with E-state index in [1.807, 2.05) is 24.3 Å². The second kappa shape index (κ2) is 5.52. The first-order valence-electron chi connectivity index (χ1n) is 6.28. The van der Waals surface area contributed by atoms with Crippen molar-refractivity contribution in [2.24, 2.45) is 0 Å². The highest BCUT2D eigenvalue weighted by molar-refractivity contribution is 7.91. The molecule has 1 fully saturated rings. The van der Waals surface area contributed by atoms with Crippen LogP contribution in [0.3, 0.4) is 0 Å². The number of furan rings is 1. The van der Waals surface area contributed by atoms with Gasteiger partial charge in [0, 0.05) is 10.9 Å². The maximum absolute atomic E-state index is 11.6. The molecule has 3 heterocycles. The molecule has 0 amide bonds. The van der Waals surface area contributed by atoms with Crippen molar-refractivity contribution >= 4 is 32.8 Å². The first-order chi connectivity index (χ1) is 9.53. The summed E-state index contributed by atoms with van der Waals surface area (Å²) in [7, 11) is -2.90. The Balaban J connectivity index is 1.84. The Morgan fingerprint density at radius 1 is 1.40 bits per heavy atom. The lowest BCUT2D eigenvalue weighted by Crippen LogP contribution is -2.33. The molecule has 20 heavy (non-hydrogen) atoms. The Hall–Kier alpha value is -0.820. The van der Waals surface area contributed by atoms with Crippen molar-refractivity contribution in [3.63, 3.8) is 0 Å². The van der Waals surface area contributed by atoms with Crippen LogP contribution in [-0.2, 0) is 9.84 Å². The molecule has 2 atom stereocenters. The number of thiophene rings is 1. The summed E-state index contributed by atoms with van der Waals surface area (Å²) in [6.07, 6.45) is 2.25. The molecule has 0 spiro atoms. The van der Waals surface area contributed by atoms with E-state index in [2.05, 4.69) is 5.32 Å². The number of rotatable bonds is 4. The highest BCUT2D eigenvalue weighted by atomic mass is 35.5. The van der Waals surface area contributed by atoms with Crippen molar-refractivity contribution in [3.05, 3.63) is 45.5 Å². The van der Waals surface area contributed by atoms with Crippen LogP contribution in [-0.4, -0.2) is 26.0 Å². The zero-order chi connectivity index (χ0) is 14.2. The Bertz CT molecular complexity index is 678. The third-order valence-corrected chi connectivity index (χ3v) is 6.40. The van der Waals surface area contributed by atoms with Crippen molar-refractivity contribution in [1.82, 2.24) is 5.32 Å². The minimum absolute atomic E-state index is 0.0454. The van der Waals surface area contributed by atoms with Crippen LogP contribution in [0.25, 0.3) is 0 Å². The van der Waals surface area contributed by atoms with E-state index in [1.165, 1.54) is 11.3 Å². The van der Waals surface area contributed by atoms with E-state index in [9.17, 15) is 8.42 Å². The molecule has 7 heteroatoms. The van der Waals surface area contributed by atoms with E-state index in [0.717, 1.165) is 10.6 Å². The van der Waals surface area contributed by atoms with Crippen molar-refractivity contribution in [2.45, 2.75) is 18.5 Å². The van der Waals surface area contributed by atoms with E-state index >= 15 is 0 Å². The predicted octanol–water partition coefficient (Wildman–Crippen LogP) is 2.86. The molecule has 1 N–H and O–H groups in total. The van der Waals surface area contributed by atoms with Gasteiger partial charge in [0.1, 0.15) is 11.8 Å². The van der Waals surface area contributed by atoms with Crippen molar-refractivity contribution in [3.8, 4) is 0 Å². The van der Waals surface area contributed by atoms with Gasteiger partial charge in [0.25, 0.3) is 0 Å². The molecule has 1 aliphatic rings. The lowest BCUT2D eigenvalue weighted by atomic mass is 10.1. The maximum atomic E-state index is 11.6. The Morgan fingerprint density at radius 2 is 2.25 bits per heavy atom. The van der Waals surface area contributed by atoms with Gasteiger partial charge < -0.3 is 4.42 Å². The number of hydrogen-bond donors (Lipinski definition) is 1. The van der Waals surface area contributed by atoms with Gasteiger partial charge in [-0.25, -0.2) is 8.42 Å². The molecule has 2 aromatic rings. The number of sulfone groups is 1. The molecule has 2 aromatic heterocycles. The van der Waals surface area contributed by atoms with Gasteiger partial charge in [-0.15, -0.1) is 11.3 Å². The summed E-state index contributed by atoms with van der Waals surface area (Å²) < 4.78 is 29.3. The molecule has 108 valence electrons. The second-order valence-electron chi connectivity index (χ2n) is 4.86. The molecule has 0 radical (unpaired) electrons. The van der Waals surface area contributed by atoms with Crippen molar-refractivity contribution < 1.29 is 12.8 Å². The van der Waals surface area contributed by atoms with Crippen LogP contribution < -0.4 is 5.32 Å². The van der Waals surface area contributed by atoms with Crippen molar-refractivity contribution in [2.75, 3.05) is 11.5 Å². The molecule has 2 unspecified atom stereocenters. The lowest BCUT2D eigenvalue weighted by Gasteiger charge is -2.19. The number of hydrogen-bond acceptors (Lipinski definition) is 5. The standard InChI is InChI=1S/C13H14ClNO3S2/c14-12-4-3-11(19-12)13(10-2-1-6-18-10)15-9-5-7-20(16,17)8-9/h1-4,6,9,13,15H,5,7-8H2. The summed E-state index contributed by atoms with van der Waals surface area (Å²) in [6, 6.07) is 7.29.